The van der Waals surface area contributed by atoms with Crippen molar-refractivity contribution in [3.8, 4) is 0 Å². The van der Waals surface area contributed by atoms with E-state index in [1.54, 1.807) is 0 Å². The van der Waals surface area contributed by atoms with Crippen LogP contribution < -0.4 is 5.32 Å². The van der Waals surface area contributed by atoms with Crippen molar-refractivity contribution >= 4 is 0 Å². The molecule has 1 saturated carbocycles. The maximum absolute atomic E-state index is 3.43. The van der Waals surface area contributed by atoms with E-state index in [-0.39, 0.29) is 0 Å². The van der Waals surface area contributed by atoms with Crippen LogP contribution >= 0.6 is 0 Å². The van der Waals surface area contributed by atoms with Crippen molar-refractivity contribution in [2.45, 2.75) is 58.3 Å². The van der Waals surface area contributed by atoms with E-state index in [1.807, 2.05) is 0 Å². The van der Waals surface area contributed by atoms with Crippen LogP contribution in [0, 0.1) is 5.92 Å². The molecule has 0 amide bonds. The minimum absolute atomic E-state index is 1.03. The Hall–Kier alpha value is -0.0400. The fourth-order valence-electron chi connectivity index (χ4n) is 2.31. The van der Waals surface area contributed by atoms with Crippen molar-refractivity contribution in [1.29, 1.82) is 0 Å². The molecule has 0 heterocycles. The van der Waals surface area contributed by atoms with Gasteiger partial charge in [0.15, 0.2) is 0 Å². The van der Waals surface area contributed by atoms with E-state index < -0.39 is 0 Å². The molecule has 0 aromatic carbocycles. The van der Waals surface area contributed by atoms with E-state index in [9.17, 15) is 0 Å². The molecule has 1 nitrogen and oxygen atoms in total. The fraction of sp³-hybridized carbons (Fsp3) is 1.00. The number of hydrogen-bond donors (Lipinski definition) is 1. The van der Waals surface area contributed by atoms with Crippen molar-refractivity contribution < 1.29 is 0 Å². The molecule has 0 radical (unpaired) electrons. The average Bonchev–Trinajstić information content (AvgIpc) is 2.08. The van der Waals surface area contributed by atoms with Crippen LogP contribution in [0.3, 0.4) is 0 Å². The maximum Gasteiger partial charge on any atom is -0.00464 e. The second kappa shape index (κ2) is 7.37. The molecule has 1 heteroatoms. The highest BCUT2D eigenvalue weighted by molar-refractivity contribution is 4.64. The lowest BCUT2D eigenvalue weighted by Gasteiger charge is -2.19. The molecule has 1 aliphatic carbocycles. The lowest BCUT2D eigenvalue weighted by molar-refractivity contribution is 0.354. The first kappa shape index (κ1) is 11.0. The first-order chi connectivity index (χ1) is 6.43. The molecule has 0 saturated heterocycles. The first-order valence-electron chi connectivity index (χ1n) is 6.14. The number of rotatable bonds is 4. The minimum atomic E-state index is 1.03. The fourth-order valence-corrected chi connectivity index (χ4v) is 2.31. The first-order valence-corrected chi connectivity index (χ1v) is 6.14. The monoisotopic (exact) mass is 183 g/mol. The van der Waals surface area contributed by atoms with Gasteiger partial charge in [0.05, 0.1) is 0 Å². The summed E-state index contributed by atoms with van der Waals surface area (Å²) in [6.45, 7) is 4.56. The Labute approximate surface area is 83.3 Å². The molecular formula is C12H25N. The van der Waals surface area contributed by atoms with Gasteiger partial charge in [-0.3, -0.25) is 0 Å². The zero-order valence-electron chi connectivity index (χ0n) is 9.15. The van der Waals surface area contributed by atoms with Gasteiger partial charge in [-0.25, -0.2) is 0 Å². The summed E-state index contributed by atoms with van der Waals surface area (Å²) in [6.07, 6.45) is 11.8. The van der Waals surface area contributed by atoms with Crippen LogP contribution in [0.15, 0.2) is 0 Å². The van der Waals surface area contributed by atoms with Crippen molar-refractivity contribution in [3.05, 3.63) is 0 Å². The molecule has 1 aliphatic rings. The summed E-state index contributed by atoms with van der Waals surface area (Å²) in [4.78, 5) is 0. The lowest BCUT2D eigenvalue weighted by atomic mass is 9.89. The molecule has 1 fully saturated rings. The van der Waals surface area contributed by atoms with Crippen LogP contribution in [0.5, 0.6) is 0 Å². The highest BCUT2D eigenvalue weighted by Crippen LogP contribution is 2.24. The van der Waals surface area contributed by atoms with E-state index >= 15 is 0 Å². The third-order valence-corrected chi connectivity index (χ3v) is 3.20. The summed E-state index contributed by atoms with van der Waals surface area (Å²) in [5.74, 6) is 1.03. The van der Waals surface area contributed by atoms with Crippen LogP contribution in [-0.2, 0) is 0 Å². The summed E-state index contributed by atoms with van der Waals surface area (Å²) in [7, 11) is 0. The smallest absolute Gasteiger partial charge is 0.00464 e. The number of nitrogens with one attached hydrogen (secondary N) is 1. The molecule has 0 unspecified atom stereocenters. The van der Waals surface area contributed by atoms with E-state index in [0.717, 1.165) is 12.5 Å². The second-order valence-corrected chi connectivity index (χ2v) is 4.35. The van der Waals surface area contributed by atoms with Gasteiger partial charge in [0, 0.05) is 0 Å². The topological polar surface area (TPSA) is 12.0 Å². The molecular weight excluding hydrogens is 158 g/mol. The molecule has 0 aromatic heterocycles. The zero-order valence-corrected chi connectivity index (χ0v) is 9.15. The highest BCUT2D eigenvalue weighted by Gasteiger charge is 2.10. The van der Waals surface area contributed by atoms with Crippen LogP contribution in [0.2, 0.25) is 0 Å². The van der Waals surface area contributed by atoms with Crippen molar-refractivity contribution in [1.82, 2.24) is 5.32 Å². The van der Waals surface area contributed by atoms with Gasteiger partial charge in [-0.2, -0.15) is 0 Å². The molecule has 0 aromatic rings. The number of hydrogen-bond acceptors (Lipinski definition) is 1. The van der Waals surface area contributed by atoms with Crippen LogP contribution in [-0.4, -0.2) is 13.1 Å². The Kier molecular flexibility index (Phi) is 6.26. The Morgan fingerprint density at radius 3 is 2.23 bits per heavy atom. The van der Waals surface area contributed by atoms with Gasteiger partial charge in [-0.1, -0.05) is 51.9 Å². The van der Waals surface area contributed by atoms with Gasteiger partial charge in [0.1, 0.15) is 0 Å². The molecule has 78 valence electrons. The summed E-state index contributed by atoms with van der Waals surface area (Å²) >= 11 is 0. The molecule has 13 heavy (non-hydrogen) atoms. The molecule has 0 spiro atoms. The zero-order chi connectivity index (χ0) is 9.36. The van der Waals surface area contributed by atoms with Gasteiger partial charge < -0.3 is 5.32 Å². The Morgan fingerprint density at radius 1 is 1.00 bits per heavy atom. The Morgan fingerprint density at radius 2 is 1.62 bits per heavy atom. The van der Waals surface area contributed by atoms with E-state index in [0.29, 0.717) is 0 Å². The molecule has 0 atom stereocenters. The third-order valence-electron chi connectivity index (χ3n) is 3.20. The van der Waals surface area contributed by atoms with Gasteiger partial charge in [-0.15, -0.1) is 0 Å². The predicted molar refractivity (Wildman–Crippen MR) is 59.0 cm³/mol. The summed E-state index contributed by atoms with van der Waals surface area (Å²) in [5, 5.41) is 3.43. The van der Waals surface area contributed by atoms with E-state index in [4.69, 9.17) is 0 Å². The summed E-state index contributed by atoms with van der Waals surface area (Å²) < 4.78 is 0. The average molecular weight is 183 g/mol. The summed E-state index contributed by atoms with van der Waals surface area (Å²) in [6, 6.07) is 0. The molecule has 0 bridgehead atoms. The van der Waals surface area contributed by atoms with E-state index in [2.05, 4.69) is 12.2 Å². The quantitative estimate of drug-likeness (QED) is 0.659. The minimum Gasteiger partial charge on any atom is -0.317 e. The SMILES string of the molecule is CCNCCC1CCCCCCC1. The van der Waals surface area contributed by atoms with Gasteiger partial charge in [0.2, 0.25) is 0 Å². The van der Waals surface area contributed by atoms with Crippen molar-refractivity contribution in [2.24, 2.45) is 5.92 Å². The second-order valence-electron chi connectivity index (χ2n) is 4.35. The normalized spacial score (nSPS) is 21.0. The standard InChI is InChI=1S/C12H25N/c1-2-13-11-10-12-8-6-4-3-5-7-9-12/h12-13H,2-11H2,1H3. The Balaban J connectivity index is 2.06. The maximum atomic E-state index is 3.43. The highest BCUT2D eigenvalue weighted by atomic mass is 14.8. The molecule has 1 N–H and O–H groups in total. The lowest BCUT2D eigenvalue weighted by Crippen LogP contribution is -2.18. The molecule has 0 aliphatic heterocycles. The van der Waals surface area contributed by atoms with Crippen LogP contribution in [0.1, 0.15) is 58.3 Å². The van der Waals surface area contributed by atoms with E-state index in [1.165, 1.54) is 57.9 Å². The predicted octanol–water partition coefficient (Wildman–Crippen LogP) is 3.35. The van der Waals surface area contributed by atoms with Crippen molar-refractivity contribution in [2.75, 3.05) is 13.1 Å². The third kappa shape index (κ3) is 5.30. The van der Waals surface area contributed by atoms with Gasteiger partial charge in [0.25, 0.3) is 0 Å². The van der Waals surface area contributed by atoms with Crippen LogP contribution in [0.4, 0.5) is 0 Å². The van der Waals surface area contributed by atoms with Crippen molar-refractivity contribution in [3.63, 3.8) is 0 Å². The van der Waals surface area contributed by atoms with Gasteiger partial charge in [-0.05, 0) is 25.4 Å². The molecule has 1 rings (SSSR count). The Bertz CT molecular complexity index is 104. The van der Waals surface area contributed by atoms with Gasteiger partial charge >= 0.3 is 0 Å². The largest absolute Gasteiger partial charge is 0.317 e. The van der Waals surface area contributed by atoms with Crippen LogP contribution in [0.25, 0.3) is 0 Å². The summed E-state index contributed by atoms with van der Waals surface area (Å²) in [5.41, 5.74) is 0.